The van der Waals surface area contributed by atoms with Crippen LogP contribution in [0.2, 0.25) is 0 Å². The van der Waals surface area contributed by atoms with E-state index in [0.717, 1.165) is 12.8 Å². The minimum absolute atomic E-state index is 0.320. The monoisotopic (exact) mass is 242 g/mol. The first-order valence-corrected chi connectivity index (χ1v) is 7.17. The molecule has 1 fully saturated rings. The summed E-state index contributed by atoms with van der Waals surface area (Å²) in [6.45, 7) is 0. The van der Waals surface area contributed by atoms with Gasteiger partial charge in [0.2, 0.25) is 0 Å². The van der Waals surface area contributed by atoms with Gasteiger partial charge in [-0.05, 0) is 18.9 Å². The molecule has 0 aromatic rings. The van der Waals surface area contributed by atoms with Crippen LogP contribution in [0.15, 0.2) is 24.3 Å². The number of hydrogen-bond acceptors (Lipinski definition) is 4. The minimum Gasteiger partial charge on any atom is -0.322 e. The van der Waals surface area contributed by atoms with Crippen LogP contribution in [-0.4, -0.2) is 24.6 Å². The lowest BCUT2D eigenvalue weighted by Gasteiger charge is -2.34. The van der Waals surface area contributed by atoms with E-state index < -0.39 is 20.8 Å². The molecule has 2 rings (SSSR count). The van der Waals surface area contributed by atoms with E-state index in [0.29, 0.717) is 12.8 Å². The summed E-state index contributed by atoms with van der Waals surface area (Å²) in [7, 11) is -3.40. The van der Waals surface area contributed by atoms with Gasteiger partial charge >= 0.3 is 0 Å². The molecule has 0 bridgehead atoms. The third-order valence-electron chi connectivity index (χ3n) is 3.54. The van der Waals surface area contributed by atoms with Gasteiger partial charge in [0.05, 0.1) is 11.3 Å². The molecule has 2 atom stereocenters. The molecule has 2 aliphatic carbocycles. The van der Waals surface area contributed by atoms with Gasteiger partial charge in [0, 0.05) is 0 Å². The Bertz CT molecular complexity index is 421. The van der Waals surface area contributed by atoms with Gasteiger partial charge in [-0.1, -0.05) is 31.1 Å². The topological polar surface area (TPSA) is 86.2 Å². The smallest absolute Gasteiger partial charge is 0.177 e. The molecule has 0 saturated heterocycles. The minimum atomic E-state index is -3.40. The third kappa shape index (κ3) is 1.63. The maximum atomic E-state index is 12.4. The molecule has 0 amide bonds. The molecule has 1 saturated carbocycles. The van der Waals surface area contributed by atoms with Crippen LogP contribution in [0.5, 0.6) is 0 Å². The van der Waals surface area contributed by atoms with Crippen LogP contribution in [0, 0.1) is 0 Å². The van der Waals surface area contributed by atoms with Gasteiger partial charge in [-0.25, -0.2) is 8.42 Å². The molecule has 0 radical (unpaired) electrons. The molecule has 0 aromatic carbocycles. The van der Waals surface area contributed by atoms with Gasteiger partial charge in [0.15, 0.2) is 14.7 Å². The molecule has 5 heteroatoms. The second-order valence-electron chi connectivity index (χ2n) is 4.57. The van der Waals surface area contributed by atoms with Crippen LogP contribution < -0.4 is 11.5 Å². The van der Waals surface area contributed by atoms with Crippen molar-refractivity contribution in [3.05, 3.63) is 24.3 Å². The van der Waals surface area contributed by atoms with E-state index in [1.807, 2.05) is 0 Å². The largest absolute Gasteiger partial charge is 0.322 e. The van der Waals surface area contributed by atoms with E-state index >= 15 is 0 Å². The van der Waals surface area contributed by atoms with E-state index in [4.69, 9.17) is 11.5 Å². The van der Waals surface area contributed by atoms with Gasteiger partial charge in [0.1, 0.15) is 0 Å². The second kappa shape index (κ2) is 3.98. The van der Waals surface area contributed by atoms with Crippen molar-refractivity contribution in [3.63, 3.8) is 0 Å². The zero-order chi connectivity index (χ0) is 11.8. The zero-order valence-corrected chi connectivity index (χ0v) is 9.99. The molecular formula is C11H18N2O2S. The number of allylic oxidation sites excluding steroid dienone is 2. The van der Waals surface area contributed by atoms with E-state index in [2.05, 4.69) is 0 Å². The van der Waals surface area contributed by atoms with Gasteiger partial charge in [0.25, 0.3) is 0 Å². The second-order valence-corrected chi connectivity index (χ2v) is 7.04. The van der Waals surface area contributed by atoms with Gasteiger partial charge in [-0.2, -0.15) is 0 Å². The number of rotatable bonds is 2. The summed E-state index contributed by atoms with van der Waals surface area (Å²) in [4.78, 5) is -1.42. The van der Waals surface area contributed by atoms with Crippen molar-refractivity contribution in [2.45, 2.75) is 41.8 Å². The van der Waals surface area contributed by atoms with Crippen molar-refractivity contribution in [2.24, 2.45) is 11.5 Å². The molecule has 0 aromatic heterocycles. The summed E-state index contributed by atoms with van der Waals surface area (Å²) in [5, 5.41) is -0.320. The lowest BCUT2D eigenvalue weighted by Crippen LogP contribution is -2.61. The highest BCUT2D eigenvalue weighted by Crippen LogP contribution is 2.33. The maximum Gasteiger partial charge on any atom is 0.177 e. The van der Waals surface area contributed by atoms with E-state index in [9.17, 15) is 8.42 Å². The first kappa shape index (κ1) is 11.8. The van der Waals surface area contributed by atoms with Crippen LogP contribution in [0.3, 0.4) is 0 Å². The Morgan fingerprint density at radius 3 is 2.38 bits per heavy atom. The number of nitrogens with two attached hydrogens (primary N) is 2. The van der Waals surface area contributed by atoms with Crippen LogP contribution in [0.25, 0.3) is 0 Å². The lowest BCUT2D eigenvalue weighted by atomic mass is 10.0. The summed E-state index contributed by atoms with van der Waals surface area (Å²) < 4.78 is 24.9. The molecule has 4 nitrogen and oxygen atoms in total. The standard InChI is InChI=1S/C11H18N2O2S/c12-10-7-3-4-8-11(10,13)16(14,15)9-5-1-2-6-9/h3-4,7-10H,1-2,5-6,12-13H2. The molecule has 2 unspecified atom stereocenters. The molecule has 90 valence electrons. The fourth-order valence-electron chi connectivity index (χ4n) is 2.42. The van der Waals surface area contributed by atoms with E-state index in [1.165, 1.54) is 6.08 Å². The Hall–Kier alpha value is -0.650. The zero-order valence-electron chi connectivity index (χ0n) is 9.17. The Balaban J connectivity index is 2.35. The van der Waals surface area contributed by atoms with Crippen molar-refractivity contribution in [3.8, 4) is 0 Å². The van der Waals surface area contributed by atoms with Gasteiger partial charge in [-0.3, -0.25) is 0 Å². The highest BCUT2D eigenvalue weighted by molar-refractivity contribution is 7.93. The van der Waals surface area contributed by atoms with Crippen LogP contribution in [0.1, 0.15) is 25.7 Å². The van der Waals surface area contributed by atoms with Gasteiger partial charge < -0.3 is 11.5 Å². The molecule has 0 heterocycles. The fraction of sp³-hybridized carbons (Fsp3) is 0.636. The Morgan fingerprint density at radius 2 is 1.81 bits per heavy atom. The van der Waals surface area contributed by atoms with Crippen molar-refractivity contribution in [1.29, 1.82) is 0 Å². The van der Waals surface area contributed by atoms with Crippen LogP contribution >= 0.6 is 0 Å². The van der Waals surface area contributed by atoms with Crippen LogP contribution in [0.4, 0.5) is 0 Å². The Kier molecular flexibility index (Phi) is 2.94. The highest BCUT2D eigenvalue weighted by atomic mass is 32.2. The normalized spacial score (nSPS) is 35.8. The average Bonchev–Trinajstić information content (AvgIpc) is 2.76. The van der Waals surface area contributed by atoms with Crippen molar-refractivity contribution in [1.82, 2.24) is 0 Å². The number of sulfone groups is 1. The average molecular weight is 242 g/mol. The Morgan fingerprint density at radius 1 is 1.19 bits per heavy atom. The van der Waals surface area contributed by atoms with Crippen molar-refractivity contribution in [2.75, 3.05) is 0 Å². The van der Waals surface area contributed by atoms with Crippen LogP contribution in [-0.2, 0) is 9.84 Å². The van der Waals surface area contributed by atoms with Crippen molar-refractivity contribution < 1.29 is 8.42 Å². The number of hydrogen-bond donors (Lipinski definition) is 2. The highest BCUT2D eigenvalue weighted by Gasteiger charge is 2.47. The maximum absolute atomic E-state index is 12.4. The molecule has 4 N–H and O–H groups in total. The molecule has 2 aliphatic rings. The predicted octanol–water partition coefficient (Wildman–Crippen LogP) is 0.452. The molecule has 0 aliphatic heterocycles. The summed E-state index contributed by atoms with van der Waals surface area (Å²) in [6.07, 6.45) is 9.92. The Labute approximate surface area is 96.3 Å². The first-order valence-electron chi connectivity index (χ1n) is 5.62. The quantitative estimate of drug-likeness (QED) is 0.736. The van der Waals surface area contributed by atoms with E-state index in [1.54, 1.807) is 18.2 Å². The lowest BCUT2D eigenvalue weighted by molar-refractivity contribution is 0.518. The molecule has 0 spiro atoms. The third-order valence-corrected chi connectivity index (χ3v) is 6.28. The first-order chi connectivity index (χ1) is 7.48. The summed E-state index contributed by atoms with van der Waals surface area (Å²) in [5.41, 5.74) is 11.8. The van der Waals surface area contributed by atoms with Gasteiger partial charge in [-0.15, -0.1) is 0 Å². The summed E-state index contributed by atoms with van der Waals surface area (Å²) in [5.74, 6) is 0. The SMILES string of the molecule is NC1C=CC=CC1(N)S(=O)(=O)C1CCCC1. The summed E-state index contributed by atoms with van der Waals surface area (Å²) >= 11 is 0. The van der Waals surface area contributed by atoms with Crippen molar-refractivity contribution >= 4 is 9.84 Å². The van der Waals surface area contributed by atoms with E-state index in [-0.39, 0.29) is 5.25 Å². The molecule has 16 heavy (non-hydrogen) atoms. The molecular weight excluding hydrogens is 224 g/mol. The predicted molar refractivity (Wildman–Crippen MR) is 64.3 cm³/mol. The summed E-state index contributed by atoms with van der Waals surface area (Å²) in [6, 6.07) is -0.650. The fourth-order valence-corrected chi connectivity index (χ4v) is 4.68.